The maximum atomic E-state index is 13.5. The van der Waals surface area contributed by atoms with Crippen LogP contribution in [0.4, 0.5) is 10.1 Å². The topological polar surface area (TPSA) is 41.6 Å². The molecule has 0 aliphatic carbocycles. The first-order chi connectivity index (χ1) is 8.66. The van der Waals surface area contributed by atoms with Gasteiger partial charge in [-0.15, -0.1) is 0 Å². The van der Waals surface area contributed by atoms with Crippen LogP contribution in [0.5, 0.6) is 0 Å². The number of benzene rings is 1. The van der Waals surface area contributed by atoms with Crippen molar-refractivity contribution in [1.82, 2.24) is 4.90 Å². The molecular weight excluding hydrogens is 259 g/mol. The average molecular weight is 273 g/mol. The summed E-state index contributed by atoms with van der Waals surface area (Å²) < 4.78 is 18.6. The van der Waals surface area contributed by atoms with Crippen LogP contribution in [0.2, 0.25) is 5.02 Å². The van der Waals surface area contributed by atoms with Gasteiger partial charge in [-0.25, -0.2) is 4.39 Å². The first-order valence-electron chi connectivity index (χ1n) is 5.71. The highest BCUT2D eigenvalue weighted by Gasteiger charge is 2.16. The number of carbonyl (C=O) groups is 1. The number of anilines is 1. The van der Waals surface area contributed by atoms with Gasteiger partial charge in [0, 0.05) is 18.1 Å². The van der Waals surface area contributed by atoms with Crippen LogP contribution in [0.3, 0.4) is 0 Å². The molecule has 1 saturated heterocycles. The van der Waals surface area contributed by atoms with Crippen molar-refractivity contribution in [3.63, 3.8) is 0 Å². The fourth-order valence-corrected chi connectivity index (χ4v) is 1.89. The van der Waals surface area contributed by atoms with Gasteiger partial charge in [0.2, 0.25) is 5.91 Å². The van der Waals surface area contributed by atoms with Gasteiger partial charge in [-0.1, -0.05) is 11.6 Å². The third-order valence-corrected chi connectivity index (χ3v) is 2.96. The molecule has 1 aliphatic rings. The lowest BCUT2D eigenvalue weighted by atomic mass is 10.3. The SMILES string of the molecule is O=C(CNc1ccc(Cl)cc1F)N1CCOCC1. The molecule has 6 heteroatoms. The Morgan fingerprint density at radius 1 is 1.44 bits per heavy atom. The monoisotopic (exact) mass is 272 g/mol. The number of halogens is 2. The van der Waals surface area contributed by atoms with Gasteiger partial charge in [0.15, 0.2) is 0 Å². The Hall–Kier alpha value is -1.33. The zero-order chi connectivity index (χ0) is 13.0. The van der Waals surface area contributed by atoms with E-state index in [4.69, 9.17) is 16.3 Å². The number of hydrogen-bond donors (Lipinski definition) is 1. The Kier molecular flexibility index (Phi) is 4.38. The maximum Gasteiger partial charge on any atom is 0.242 e. The fraction of sp³-hybridized carbons (Fsp3) is 0.417. The molecule has 0 aromatic heterocycles. The third-order valence-electron chi connectivity index (χ3n) is 2.72. The van der Waals surface area contributed by atoms with E-state index in [2.05, 4.69) is 5.32 Å². The van der Waals surface area contributed by atoms with Crippen molar-refractivity contribution in [1.29, 1.82) is 0 Å². The zero-order valence-electron chi connectivity index (χ0n) is 9.79. The van der Waals surface area contributed by atoms with Crippen LogP contribution in [-0.4, -0.2) is 43.7 Å². The minimum atomic E-state index is -0.461. The summed E-state index contributed by atoms with van der Waals surface area (Å²) in [6.45, 7) is 2.36. The summed E-state index contributed by atoms with van der Waals surface area (Å²) in [6.07, 6.45) is 0. The van der Waals surface area contributed by atoms with Gasteiger partial charge in [0.25, 0.3) is 0 Å². The standard InChI is InChI=1S/C12H14ClFN2O2/c13-9-1-2-11(10(14)7-9)15-8-12(17)16-3-5-18-6-4-16/h1-2,7,15H,3-6,8H2. The van der Waals surface area contributed by atoms with Gasteiger partial charge in [0.1, 0.15) is 5.82 Å². The molecule has 4 nitrogen and oxygen atoms in total. The van der Waals surface area contributed by atoms with Gasteiger partial charge >= 0.3 is 0 Å². The molecule has 1 amide bonds. The Balaban J connectivity index is 1.88. The lowest BCUT2D eigenvalue weighted by molar-refractivity contribution is -0.133. The Bertz CT molecular complexity index is 436. The Labute approximate surface area is 110 Å². The second-order valence-electron chi connectivity index (χ2n) is 3.97. The number of rotatable bonds is 3. The van der Waals surface area contributed by atoms with Crippen molar-refractivity contribution in [2.24, 2.45) is 0 Å². The van der Waals surface area contributed by atoms with Crippen LogP contribution in [0.1, 0.15) is 0 Å². The molecule has 98 valence electrons. The summed E-state index contributed by atoms with van der Waals surface area (Å²) in [7, 11) is 0. The van der Waals surface area contributed by atoms with Crippen LogP contribution in [0, 0.1) is 5.82 Å². The van der Waals surface area contributed by atoms with Crippen molar-refractivity contribution in [2.75, 3.05) is 38.2 Å². The van der Waals surface area contributed by atoms with Gasteiger partial charge in [0.05, 0.1) is 25.4 Å². The zero-order valence-corrected chi connectivity index (χ0v) is 10.5. The number of amides is 1. The smallest absolute Gasteiger partial charge is 0.242 e. The van der Waals surface area contributed by atoms with Gasteiger partial charge in [-0.3, -0.25) is 4.79 Å². The van der Waals surface area contributed by atoms with E-state index in [-0.39, 0.29) is 18.1 Å². The second kappa shape index (κ2) is 6.02. The second-order valence-corrected chi connectivity index (χ2v) is 4.41. The van der Waals surface area contributed by atoms with Crippen LogP contribution in [0.25, 0.3) is 0 Å². The molecule has 1 fully saturated rings. The summed E-state index contributed by atoms with van der Waals surface area (Å²) >= 11 is 5.64. The predicted octanol–water partition coefficient (Wildman–Crippen LogP) is 1.75. The lowest BCUT2D eigenvalue weighted by Gasteiger charge is -2.27. The summed E-state index contributed by atoms with van der Waals surface area (Å²) in [5.74, 6) is -0.523. The molecule has 0 saturated carbocycles. The van der Waals surface area contributed by atoms with Gasteiger partial charge in [-0.2, -0.15) is 0 Å². The van der Waals surface area contributed by atoms with Crippen molar-refractivity contribution in [3.05, 3.63) is 29.0 Å². The Morgan fingerprint density at radius 2 is 2.17 bits per heavy atom. The first-order valence-corrected chi connectivity index (χ1v) is 6.09. The van der Waals surface area contributed by atoms with E-state index < -0.39 is 5.82 Å². The number of morpholine rings is 1. The van der Waals surface area contributed by atoms with E-state index in [1.54, 1.807) is 11.0 Å². The largest absolute Gasteiger partial charge is 0.378 e. The lowest BCUT2D eigenvalue weighted by Crippen LogP contribution is -2.43. The van der Waals surface area contributed by atoms with E-state index in [0.29, 0.717) is 31.3 Å². The molecule has 0 radical (unpaired) electrons. The third kappa shape index (κ3) is 3.34. The summed E-state index contributed by atoms with van der Waals surface area (Å²) in [5.41, 5.74) is 0.279. The molecule has 2 rings (SSSR count). The number of nitrogens with zero attached hydrogens (tertiary/aromatic N) is 1. The number of ether oxygens (including phenoxy) is 1. The molecule has 1 heterocycles. The van der Waals surface area contributed by atoms with E-state index in [9.17, 15) is 9.18 Å². The number of hydrogen-bond acceptors (Lipinski definition) is 3. The van der Waals surface area contributed by atoms with Crippen molar-refractivity contribution in [2.45, 2.75) is 0 Å². The number of carbonyl (C=O) groups excluding carboxylic acids is 1. The molecule has 18 heavy (non-hydrogen) atoms. The maximum absolute atomic E-state index is 13.5. The molecule has 0 unspecified atom stereocenters. The van der Waals surface area contributed by atoms with Crippen LogP contribution >= 0.6 is 11.6 Å². The van der Waals surface area contributed by atoms with Crippen LogP contribution in [0.15, 0.2) is 18.2 Å². The highest BCUT2D eigenvalue weighted by molar-refractivity contribution is 6.30. The van der Waals surface area contributed by atoms with E-state index in [1.807, 2.05) is 0 Å². The first kappa shape index (κ1) is 13.1. The summed E-state index contributed by atoms with van der Waals surface area (Å²) in [5, 5.41) is 3.10. The molecule has 0 bridgehead atoms. The minimum absolute atomic E-state index is 0.0624. The molecule has 1 aromatic carbocycles. The van der Waals surface area contributed by atoms with Crippen LogP contribution in [-0.2, 0) is 9.53 Å². The summed E-state index contributed by atoms with van der Waals surface area (Å²) in [6, 6.07) is 4.31. The highest BCUT2D eigenvalue weighted by atomic mass is 35.5. The fourth-order valence-electron chi connectivity index (χ4n) is 1.73. The van der Waals surface area contributed by atoms with E-state index >= 15 is 0 Å². The Morgan fingerprint density at radius 3 is 2.83 bits per heavy atom. The molecular formula is C12H14ClFN2O2. The van der Waals surface area contributed by atoms with Gasteiger partial charge in [-0.05, 0) is 18.2 Å². The summed E-state index contributed by atoms with van der Waals surface area (Å²) in [4.78, 5) is 13.5. The van der Waals surface area contributed by atoms with Crippen LogP contribution < -0.4 is 5.32 Å². The van der Waals surface area contributed by atoms with E-state index in [1.165, 1.54) is 12.1 Å². The predicted molar refractivity (Wildman–Crippen MR) is 67.3 cm³/mol. The normalized spacial score (nSPS) is 15.6. The van der Waals surface area contributed by atoms with E-state index in [0.717, 1.165) is 0 Å². The average Bonchev–Trinajstić information content (AvgIpc) is 2.38. The minimum Gasteiger partial charge on any atom is -0.378 e. The molecule has 1 aromatic rings. The van der Waals surface area contributed by atoms with Gasteiger partial charge < -0.3 is 15.0 Å². The molecule has 1 aliphatic heterocycles. The highest BCUT2D eigenvalue weighted by Crippen LogP contribution is 2.18. The van der Waals surface area contributed by atoms with Crippen molar-refractivity contribution in [3.8, 4) is 0 Å². The quantitative estimate of drug-likeness (QED) is 0.911. The molecule has 1 N–H and O–H groups in total. The molecule has 0 spiro atoms. The van der Waals surface area contributed by atoms with Crippen molar-refractivity contribution >= 4 is 23.2 Å². The molecule has 0 atom stereocenters. The number of nitrogens with one attached hydrogen (secondary N) is 1. The van der Waals surface area contributed by atoms with Crippen molar-refractivity contribution < 1.29 is 13.9 Å².